The molecular weight excluding hydrogens is 330 g/mol. The summed E-state index contributed by atoms with van der Waals surface area (Å²) in [6.07, 6.45) is 5.66. The fraction of sp³-hybridized carbons (Fsp3) is 0.421. The minimum absolute atomic E-state index is 0.0617. The van der Waals surface area contributed by atoms with Crippen LogP contribution < -0.4 is 10.9 Å². The number of nitrogens with one attached hydrogen (secondary N) is 2. The van der Waals surface area contributed by atoms with Gasteiger partial charge in [-0.15, -0.1) is 0 Å². The molecule has 3 rings (SSSR count). The molecule has 0 radical (unpaired) electrons. The predicted octanol–water partition coefficient (Wildman–Crippen LogP) is 2.11. The Hall–Kier alpha value is -2.83. The first-order chi connectivity index (χ1) is 12.3. The molecule has 1 fully saturated rings. The highest BCUT2D eigenvalue weighted by atomic mass is 16.2. The van der Waals surface area contributed by atoms with Gasteiger partial charge in [-0.3, -0.25) is 25.1 Å². The van der Waals surface area contributed by atoms with Crippen LogP contribution in [0.1, 0.15) is 47.2 Å². The second kappa shape index (κ2) is 7.19. The van der Waals surface area contributed by atoms with Crippen molar-refractivity contribution >= 4 is 17.9 Å². The first kappa shape index (κ1) is 18.0. The number of nitrogens with zero attached hydrogens (tertiary/aromatic N) is 3. The van der Waals surface area contributed by atoms with Crippen LogP contribution in [0.4, 0.5) is 0 Å². The summed E-state index contributed by atoms with van der Waals surface area (Å²) in [7, 11) is 0. The van der Waals surface area contributed by atoms with Crippen LogP contribution in [0.25, 0.3) is 6.08 Å². The topological polar surface area (TPSA) is 81.0 Å². The fourth-order valence-electron chi connectivity index (χ4n) is 3.21. The zero-order chi connectivity index (χ0) is 18.8. The third kappa shape index (κ3) is 4.04. The van der Waals surface area contributed by atoms with Crippen LogP contribution in [-0.4, -0.2) is 26.2 Å². The second-order valence-electron chi connectivity index (χ2n) is 6.88. The van der Waals surface area contributed by atoms with Crippen LogP contribution in [0.2, 0.25) is 0 Å². The van der Waals surface area contributed by atoms with Crippen molar-refractivity contribution in [1.29, 1.82) is 0 Å². The van der Waals surface area contributed by atoms with Crippen molar-refractivity contribution in [1.82, 2.24) is 25.2 Å². The van der Waals surface area contributed by atoms with E-state index in [4.69, 9.17) is 0 Å². The average Bonchev–Trinajstić information content (AvgIpc) is 3.29. The van der Waals surface area contributed by atoms with Gasteiger partial charge in [-0.2, -0.15) is 5.10 Å². The minimum atomic E-state index is -0.372. The molecule has 1 aliphatic rings. The second-order valence-corrected chi connectivity index (χ2v) is 6.88. The van der Waals surface area contributed by atoms with Crippen LogP contribution >= 0.6 is 0 Å². The fourth-order valence-corrected chi connectivity index (χ4v) is 3.21. The molecule has 2 heterocycles. The number of amides is 2. The molecule has 0 aromatic carbocycles. The van der Waals surface area contributed by atoms with Gasteiger partial charge in [0.05, 0.1) is 5.69 Å². The van der Waals surface area contributed by atoms with Gasteiger partial charge in [-0.05, 0) is 64.3 Å². The Labute approximate surface area is 153 Å². The zero-order valence-electron chi connectivity index (χ0n) is 15.7. The van der Waals surface area contributed by atoms with Crippen LogP contribution in [0, 0.1) is 27.7 Å². The molecule has 1 saturated carbocycles. The SMILES string of the molecule is Cc1cc(C)n(CC(=O)NNC(=O)/C=C/c2cc(C)n(C3CC3)c2C)n1. The lowest BCUT2D eigenvalue weighted by molar-refractivity contribution is -0.127. The highest BCUT2D eigenvalue weighted by molar-refractivity contribution is 5.93. The summed E-state index contributed by atoms with van der Waals surface area (Å²) < 4.78 is 3.92. The van der Waals surface area contributed by atoms with Gasteiger partial charge < -0.3 is 4.57 Å². The summed E-state index contributed by atoms with van der Waals surface area (Å²) >= 11 is 0. The Morgan fingerprint density at radius 3 is 2.50 bits per heavy atom. The number of aryl methyl sites for hydroxylation is 3. The number of hydrogen-bond donors (Lipinski definition) is 2. The molecule has 1 aliphatic carbocycles. The summed E-state index contributed by atoms with van der Waals surface area (Å²) in [6, 6.07) is 4.59. The number of carbonyl (C=O) groups excluding carboxylic acids is 2. The lowest BCUT2D eigenvalue weighted by atomic mass is 10.2. The largest absolute Gasteiger partial charge is 0.346 e. The normalized spacial score (nSPS) is 14.0. The molecule has 0 bridgehead atoms. The molecule has 138 valence electrons. The first-order valence-corrected chi connectivity index (χ1v) is 8.81. The van der Waals surface area contributed by atoms with Crippen LogP contribution in [0.5, 0.6) is 0 Å². The highest BCUT2D eigenvalue weighted by Crippen LogP contribution is 2.38. The molecule has 0 unspecified atom stereocenters. The van der Waals surface area contributed by atoms with Crippen molar-refractivity contribution in [3.05, 3.63) is 46.5 Å². The van der Waals surface area contributed by atoms with Crippen molar-refractivity contribution in [3.8, 4) is 0 Å². The molecule has 0 saturated heterocycles. The van der Waals surface area contributed by atoms with Gasteiger partial charge in [0.1, 0.15) is 6.54 Å². The van der Waals surface area contributed by atoms with Crippen LogP contribution in [-0.2, 0) is 16.1 Å². The minimum Gasteiger partial charge on any atom is -0.346 e. The van der Waals surface area contributed by atoms with Crippen molar-refractivity contribution in [2.45, 2.75) is 53.1 Å². The summed E-state index contributed by atoms with van der Waals surface area (Å²) in [5, 5.41) is 4.22. The molecule has 7 nitrogen and oxygen atoms in total. The molecule has 0 aliphatic heterocycles. The summed E-state index contributed by atoms with van der Waals surface area (Å²) in [6.45, 7) is 7.97. The third-order valence-corrected chi connectivity index (χ3v) is 4.57. The van der Waals surface area contributed by atoms with E-state index in [9.17, 15) is 9.59 Å². The van der Waals surface area contributed by atoms with E-state index >= 15 is 0 Å². The molecule has 2 amide bonds. The van der Waals surface area contributed by atoms with E-state index in [-0.39, 0.29) is 18.4 Å². The van der Waals surface area contributed by atoms with Crippen LogP contribution in [0.3, 0.4) is 0 Å². The number of rotatable bonds is 5. The van der Waals surface area contributed by atoms with E-state index in [1.54, 1.807) is 10.8 Å². The van der Waals surface area contributed by atoms with Gasteiger partial charge in [0.25, 0.3) is 11.8 Å². The van der Waals surface area contributed by atoms with Gasteiger partial charge in [0.2, 0.25) is 0 Å². The summed E-state index contributed by atoms with van der Waals surface area (Å²) in [4.78, 5) is 23.9. The maximum absolute atomic E-state index is 12.0. The first-order valence-electron chi connectivity index (χ1n) is 8.81. The van der Waals surface area contributed by atoms with Gasteiger partial charge in [0.15, 0.2) is 0 Å². The number of hydrazine groups is 1. The Morgan fingerprint density at radius 2 is 1.88 bits per heavy atom. The lowest BCUT2D eigenvalue weighted by Gasteiger charge is -2.07. The smallest absolute Gasteiger partial charge is 0.262 e. The van der Waals surface area contributed by atoms with Crippen molar-refractivity contribution < 1.29 is 9.59 Å². The molecule has 0 atom stereocenters. The third-order valence-electron chi connectivity index (χ3n) is 4.57. The number of carbonyl (C=O) groups is 2. The Bertz CT molecular complexity index is 871. The Morgan fingerprint density at radius 1 is 1.15 bits per heavy atom. The van der Waals surface area contributed by atoms with Gasteiger partial charge >= 0.3 is 0 Å². The predicted molar refractivity (Wildman–Crippen MR) is 99.2 cm³/mol. The quantitative estimate of drug-likeness (QED) is 0.637. The van der Waals surface area contributed by atoms with Gasteiger partial charge in [0, 0.05) is 29.2 Å². The van der Waals surface area contributed by atoms with Crippen LogP contribution in [0.15, 0.2) is 18.2 Å². The average molecular weight is 355 g/mol. The maximum atomic E-state index is 12.0. The maximum Gasteiger partial charge on any atom is 0.262 e. The monoisotopic (exact) mass is 355 g/mol. The van der Waals surface area contributed by atoms with Crippen molar-refractivity contribution in [2.24, 2.45) is 0 Å². The molecule has 7 heteroatoms. The van der Waals surface area contributed by atoms with E-state index in [0.717, 1.165) is 17.0 Å². The number of hydrogen-bond acceptors (Lipinski definition) is 3. The van der Waals surface area contributed by atoms with Crippen molar-refractivity contribution in [2.75, 3.05) is 0 Å². The zero-order valence-corrected chi connectivity index (χ0v) is 15.7. The van der Waals surface area contributed by atoms with E-state index in [1.165, 1.54) is 30.3 Å². The van der Waals surface area contributed by atoms with E-state index in [1.807, 2.05) is 19.9 Å². The van der Waals surface area contributed by atoms with E-state index in [2.05, 4.69) is 40.4 Å². The standard InChI is InChI=1S/C19H25N5O2/c1-12-9-13(2)23(22-12)11-19(26)21-20-18(25)8-5-16-10-14(3)24(15(16)4)17-6-7-17/h5,8-10,17H,6-7,11H2,1-4H3,(H,20,25)(H,21,26)/b8-5+. The molecule has 0 spiro atoms. The molecule has 2 aromatic heterocycles. The Kier molecular flexibility index (Phi) is 4.97. The van der Waals surface area contributed by atoms with E-state index in [0.29, 0.717) is 6.04 Å². The molecule has 26 heavy (non-hydrogen) atoms. The molecule has 2 aromatic rings. The highest BCUT2D eigenvalue weighted by Gasteiger charge is 2.26. The van der Waals surface area contributed by atoms with E-state index < -0.39 is 0 Å². The lowest BCUT2D eigenvalue weighted by Crippen LogP contribution is -2.42. The number of aromatic nitrogens is 3. The van der Waals surface area contributed by atoms with Gasteiger partial charge in [-0.25, -0.2) is 0 Å². The summed E-state index contributed by atoms with van der Waals surface area (Å²) in [5.41, 5.74) is 9.97. The summed E-state index contributed by atoms with van der Waals surface area (Å²) in [5.74, 6) is -0.701. The van der Waals surface area contributed by atoms with Crippen molar-refractivity contribution in [3.63, 3.8) is 0 Å². The Balaban J connectivity index is 1.52. The molecule has 2 N–H and O–H groups in total. The molecular formula is C19H25N5O2. The van der Waals surface area contributed by atoms with Gasteiger partial charge in [-0.1, -0.05) is 0 Å².